The molecule has 0 radical (unpaired) electrons. The molecular weight excluding hydrogens is 232 g/mol. The van der Waals surface area contributed by atoms with Gasteiger partial charge in [0.25, 0.3) is 0 Å². The van der Waals surface area contributed by atoms with Crippen LogP contribution in [0.3, 0.4) is 0 Å². The Morgan fingerprint density at radius 3 is 3.00 bits per heavy atom. The van der Waals surface area contributed by atoms with Gasteiger partial charge in [0, 0.05) is 17.8 Å². The molecule has 0 saturated carbocycles. The van der Waals surface area contributed by atoms with Gasteiger partial charge in [-0.3, -0.25) is 0 Å². The predicted octanol–water partition coefficient (Wildman–Crippen LogP) is 1.81. The number of methoxy groups -OCH3 is 1. The largest absolute Gasteiger partial charge is 0.481 e. The molecule has 6 heteroatoms. The highest BCUT2D eigenvalue weighted by Gasteiger charge is 2.16. The minimum Gasteiger partial charge on any atom is -0.481 e. The van der Waals surface area contributed by atoms with Crippen LogP contribution in [0.1, 0.15) is 25.3 Å². The fourth-order valence-electron chi connectivity index (χ4n) is 1.66. The van der Waals surface area contributed by atoms with Crippen LogP contribution in [0.15, 0.2) is 22.9 Å². The Kier molecular flexibility index (Phi) is 3.88. The van der Waals surface area contributed by atoms with Crippen molar-refractivity contribution in [3.05, 3.63) is 24.2 Å². The van der Waals surface area contributed by atoms with Gasteiger partial charge in [0.2, 0.25) is 17.6 Å². The molecule has 0 aliphatic rings. The molecule has 0 aliphatic heterocycles. The summed E-state index contributed by atoms with van der Waals surface area (Å²) in [5.41, 5.74) is 0.822. The zero-order valence-electron chi connectivity index (χ0n) is 10.7. The van der Waals surface area contributed by atoms with Gasteiger partial charge < -0.3 is 14.6 Å². The molecule has 0 saturated heterocycles. The quantitative estimate of drug-likeness (QED) is 0.870. The van der Waals surface area contributed by atoms with Crippen LogP contribution in [0, 0.1) is 0 Å². The predicted molar refractivity (Wildman–Crippen MR) is 66.2 cm³/mol. The topological polar surface area (TPSA) is 73.1 Å². The van der Waals surface area contributed by atoms with E-state index in [2.05, 4.69) is 27.4 Å². The first kappa shape index (κ1) is 12.5. The maximum atomic E-state index is 5.25. The van der Waals surface area contributed by atoms with Gasteiger partial charge in [-0.25, -0.2) is 4.98 Å². The smallest absolute Gasteiger partial charge is 0.244 e. The standard InChI is InChI=1S/C12H16N4O2/c1-4-9(13-2)12-15-11(16-18-12)8-5-6-14-10(7-8)17-3/h5-7,9,13H,4H2,1-3H3. The molecule has 1 atom stereocenters. The highest BCUT2D eigenvalue weighted by Crippen LogP contribution is 2.21. The Morgan fingerprint density at radius 2 is 2.33 bits per heavy atom. The van der Waals surface area contributed by atoms with Crippen molar-refractivity contribution >= 4 is 0 Å². The number of hydrogen-bond acceptors (Lipinski definition) is 6. The van der Waals surface area contributed by atoms with Gasteiger partial charge in [0.05, 0.1) is 13.2 Å². The van der Waals surface area contributed by atoms with Gasteiger partial charge in [-0.2, -0.15) is 4.98 Å². The van der Waals surface area contributed by atoms with Crippen LogP contribution >= 0.6 is 0 Å². The highest BCUT2D eigenvalue weighted by atomic mass is 16.5. The van der Waals surface area contributed by atoms with Crippen LogP contribution in [-0.4, -0.2) is 29.3 Å². The number of nitrogens with zero attached hydrogens (tertiary/aromatic N) is 3. The zero-order valence-corrected chi connectivity index (χ0v) is 10.7. The number of pyridine rings is 1. The van der Waals surface area contributed by atoms with Crippen molar-refractivity contribution in [3.8, 4) is 17.3 Å². The lowest BCUT2D eigenvalue weighted by Gasteiger charge is -2.06. The zero-order chi connectivity index (χ0) is 13.0. The summed E-state index contributed by atoms with van der Waals surface area (Å²) >= 11 is 0. The van der Waals surface area contributed by atoms with Crippen molar-refractivity contribution in [2.75, 3.05) is 14.2 Å². The molecule has 2 heterocycles. The molecule has 0 aliphatic carbocycles. The van der Waals surface area contributed by atoms with Gasteiger partial charge in [0.1, 0.15) is 0 Å². The van der Waals surface area contributed by atoms with Crippen LogP contribution in [-0.2, 0) is 0 Å². The minimum absolute atomic E-state index is 0.0787. The van der Waals surface area contributed by atoms with Crippen LogP contribution in [0.2, 0.25) is 0 Å². The summed E-state index contributed by atoms with van der Waals surface area (Å²) < 4.78 is 10.3. The van der Waals surface area contributed by atoms with Crippen molar-refractivity contribution in [3.63, 3.8) is 0 Å². The lowest BCUT2D eigenvalue weighted by Crippen LogP contribution is -2.15. The molecule has 2 aromatic heterocycles. The molecule has 0 spiro atoms. The molecule has 0 aromatic carbocycles. The third-order valence-corrected chi connectivity index (χ3v) is 2.70. The van der Waals surface area contributed by atoms with Gasteiger partial charge in [-0.1, -0.05) is 12.1 Å². The second-order valence-electron chi connectivity index (χ2n) is 3.79. The summed E-state index contributed by atoms with van der Waals surface area (Å²) in [6.45, 7) is 2.06. The maximum absolute atomic E-state index is 5.25. The summed E-state index contributed by atoms with van der Waals surface area (Å²) in [4.78, 5) is 8.41. The highest BCUT2D eigenvalue weighted by molar-refractivity contribution is 5.55. The average molecular weight is 248 g/mol. The number of hydrogen-bond donors (Lipinski definition) is 1. The number of ether oxygens (including phenoxy) is 1. The van der Waals surface area contributed by atoms with Crippen molar-refractivity contribution in [2.24, 2.45) is 0 Å². The summed E-state index contributed by atoms with van der Waals surface area (Å²) in [6, 6.07) is 3.67. The first-order chi connectivity index (χ1) is 8.78. The third-order valence-electron chi connectivity index (χ3n) is 2.70. The number of aromatic nitrogens is 3. The van der Waals surface area contributed by atoms with E-state index < -0.39 is 0 Å². The van der Waals surface area contributed by atoms with Crippen molar-refractivity contribution in [1.29, 1.82) is 0 Å². The van der Waals surface area contributed by atoms with Gasteiger partial charge in [-0.15, -0.1) is 0 Å². The monoisotopic (exact) mass is 248 g/mol. The van der Waals surface area contributed by atoms with Crippen LogP contribution in [0.4, 0.5) is 0 Å². The van der Waals surface area contributed by atoms with Gasteiger partial charge >= 0.3 is 0 Å². The van der Waals surface area contributed by atoms with Gasteiger partial charge in [0.15, 0.2) is 0 Å². The molecule has 96 valence electrons. The molecule has 0 amide bonds. The lowest BCUT2D eigenvalue weighted by atomic mass is 10.2. The fraction of sp³-hybridized carbons (Fsp3) is 0.417. The fourth-order valence-corrected chi connectivity index (χ4v) is 1.66. The third kappa shape index (κ3) is 2.48. The first-order valence-corrected chi connectivity index (χ1v) is 5.79. The molecule has 6 nitrogen and oxygen atoms in total. The van der Waals surface area contributed by atoms with Crippen LogP contribution in [0.25, 0.3) is 11.4 Å². The molecule has 2 rings (SSSR count). The summed E-state index contributed by atoms with van der Waals surface area (Å²) in [5.74, 6) is 1.66. The molecule has 2 aromatic rings. The SMILES string of the molecule is CCC(NC)c1nc(-c2ccnc(OC)c2)no1. The van der Waals surface area contributed by atoms with Crippen molar-refractivity contribution in [2.45, 2.75) is 19.4 Å². The Bertz CT molecular complexity index is 508. The number of rotatable bonds is 5. The molecule has 1 N–H and O–H groups in total. The summed E-state index contributed by atoms with van der Waals surface area (Å²) in [7, 11) is 3.44. The van der Waals surface area contributed by atoms with Crippen molar-refractivity contribution in [1.82, 2.24) is 20.4 Å². The van der Waals surface area contributed by atoms with Crippen LogP contribution in [0.5, 0.6) is 5.88 Å². The lowest BCUT2D eigenvalue weighted by molar-refractivity contribution is 0.334. The molecule has 18 heavy (non-hydrogen) atoms. The number of nitrogens with one attached hydrogen (secondary N) is 1. The summed E-state index contributed by atoms with van der Waals surface area (Å²) in [6.07, 6.45) is 2.54. The second-order valence-corrected chi connectivity index (χ2v) is 3.79. The van der Waals surface area contributed by atoms with E-state index in [1.54, 1.807) is 19.4 Å². The Morgan fingerprint density at radius 1 is 1.50 bits per heavy atom. The first-order valence-electron chi connectivity index (χ1n) is 5.79. The summed E-state index contributed by atoms with van der Waals surface area (Å²) in [5, 5.41) is 7.09. The average Bonchev–Trinajstić information content (AvgIpc) is 2.90. The van der Waals surface area contributed by atoms with E-state index in [0.29, 0.717) is 17.6 Å². The molecule has 1 unspecified atom stereocenters. The molecular formula is C12H16N4O2. The van der Waals surface area contributed by atoms with E-state index in [1.807, 2.05) is 13.1 Å². The van der Waals surface area contributed by atoms with E-state index in [-0.39, 0.29) is 6.04 Å². The van der Waals surface area contributed by atoms with Crippen LogP contribution < -0.4 is 10.1 Å². The Labute approximate surface area is 105 Å². The minimum atomic E-state index is 0.0787. The van der Waals surface area contributed by atoms with E-state index in [9.17, 15) is 0 Å². The molecule has 0 fully saturated rings. The second kappa shape index (κ2) is 5.59. The van der Waals surface area contributed by atoms with E-state index in [4.69, 9.17) is 9.26 Å². The van der Waals surface area contributed by atoms with E-state index in [0.717, 1.165) is 12.0 Å². The maximum Gasteiger partial charge on any atom is 0.244 e. The van der Waals surface area contributed by atoms with Crippen molar-refractivity contribution < 1.29 is 9.26 Å². The Balaban J connectivity index is 2.28. The van der Waals surface area contributed by atoms with E-state index >= 15 is 0 Å². The Hall–Kier alpha value is -1.95. The van der Waals surface area contributed by atoms with Gasteiger partial charge in [-0.05, 0) is 19.5 Å². The normalized spacial score (nSPS) is 12.4. The van der Waals surface area contributed by atoms with E-state index in [1.165, 1.54) is 0 Å². The molecule has 0 bridgehead atoms.